The minimum absolute atomic E-state index is 0.0840. The van der Waals surface area contributed by atoms with Crippen LogP contribution < -0.4 is 9.62 Å². The molecule has 1 aliphatic rings. The van der Waals surface area contributed by atoms with Crippen LogP contribution in [0.15, 0.2) is 12.1 Å². The number of anilines is 1. The van der Waals surface area contributed by atoms with Crippen molar-refractivity contribution < 1.29 is 13.2 Å². The SMILES string of the molecule is CS(=O)(=O)N(CC(=O)NC1CCCCCC1)c1cc(Cl)c(Cl)cc1Cl. The number of benzene rings is 1. The molecule has 1 saturated carbocycles. The van der Waals surface area contributed by atoms with Gasteiger partial charge in [-0.3, -0.25) is 9.10 Å². The van der Waals surface area contributed by atoms with Gasteiger partial charge in [0.05, 0.1) is 27.0 Å². The third kappa shape index (κ3) is 5.91. The van der Waals surface area contributed by atoms with Crippen molar-refractivity contribution in [1.29, 1.82) is 0 Å². The summed E-state index contributed by atoms with van der Waals surface area (Å²) in [6.07, 6.45) is 7.32. The van der Waals surface area contributed by atoms with Gasteiger partial charge in [0.2, 0.25) is 15.9 Å². The van der Waals surface area contributed by atoms with Crippen LogP contribution in [0.4, 0.5) is 5.69 Å². The minimum Gasteiger partial charge on any atom is -0.352 e. The van der Waals surface area contributed by atoms with E-state index in [4.69, 9.17) is 34.8 Å². The number of rotatable bonds is 5. The summed E-state index contributed by atoms with van der Waals surface area (Å²) in [5.74, 6) is -0.362. The Morgan fingerprint density at radius 1 is 1.08 bits per heavy atom. The summed E-state index contributed by atoms with van der Waals surface area (Å²) in [7, 11) is -3.73. The first-order chi connectivity index (χ1) is 11.7. The van der Waals surface area contributed by atoms with E-state index in [1.807, 2.05) is 0 Å². The molecule has 0 atom stereocenters. The highest BCUT2D eigenvalue weighted by molar-refractivity contribution is 7.92. The lowest BCUT2D eigenvalue weighted by molar-refractivity contribution is -0.120. The molecule has 0 saturated heterocycles. The van der Waals surface area contributed by atoms with Crippen LogP contribution in [0.3, 0.4) is 0 Å². The first kappa shape index (κ1) is 20.6. The third-order valence-electron chi connectivity index (χ3n) is 4.17. The Morgan fingerprint density at radius 2 is 1.64 bits per heavy atom. The zero-order valence-electron chi connectivity index (χ0n) is 13.9. The molecule has 0 unspecified atom stereocenters. The van der Waals surface area contributed by atoms with Gasteiger partial charge in [-0.15, -0.1) is 0 Å². The number of amides is 1. The Kier molecular flexibility index (Phi) is 7.26. The molecular formula is C16H21Cl3N2O3S. The van der Waals surface area contributed by atoms with Crippen LogP contribution in [0.2, 0.25) is 15.1 Å². The van der Waals surface area contributed by atoms with Crippen molar-refractivity contribution in [3.05, 3.63) is 27.2 Å². The average molecular weight is 428 g/mol. The van der Waals surface area contributed by atoms with E-state index in [-0.39, 0.29) is 39.2 Å². The highest BCUT2D eigenvalue weighted by atomic mass is 35.5. The summed E-state index contributed by atoms with van der Waals surface area (Å²) < 4.78 is 25.3. The second-order valence-corrected chi connectivity index (χ2v) is 9.37. The van der Waals surface area contributed by atoms with Crippen LogP contribution in [-0.4, -0.2) is 33.2 Å². The normalized spacial score (nSPS) is 16.3. The van der Waals surface area contributed by atoms with E-state index in [0.29, 0.717) is 0 Å². The fraction of sp³-hybridized carbons (Fsp3) is 0.562. The first-order valence-corrected chi connectivity index (χ1v) is 11.1. The maximum Gasteiger partial charge on any atom is 0.240 e. The Hall–Kier alpha value is -0.690. The Balaban J connectivity index is 2.18. The van der Waals surface area contributed by atoms with Gasteiger partial charge in [0, 0.05) is 6.04 Å². The fourth-order valence-electron chi connectivity index (χ4n) is 2.91. The van der Waals surface area contributed by atoms with Crippen molar-refractivity contribution in [1.82, 2.24) is 5.32 Å². The molecule has 1 aromatic rings. The summed E-state index contributed by atoms with van der Waals surface area (Å²) in [4.78, 5) is 12.4. The van der Waals surface area contributed by atoms with Gasteiger partial charge in [0.1, 0.15) is 6.54 Å². The summed E-state index contributed by atoms with van der Waals surface area (Å²) in [5, 5.41) is 3.42. The summed E-state index contributed by atoms with van der Waals surface area (Å²) in [6, 6.07) is 2.80. The number of nitrogens with zero attached hydrogens (tertiary/aromatic N) is 1. The highest BCUT2D eigenvalue weighted by Gasteiger charge is 2.25. The number of carbonyl (C=O) groups is 1. The molecule has 0 radical (unpaired) electrons. The predicted molar refractivity (Wildman–Crippen MR) is 103 cm³/mol. The van der Waals surface area contributed by atoms with Crippen molar-refractivity contribution in [3.8, 4) is 0 Å². The van der Waals surface area contributed by atoms with Gasteiger partial charge in [-0.25, -0.2) is 8.42 Å². The first-order valence-electron chi connectivity index (χ1n) is 8.10. The van der Waals surface area contributed by atoms with Crippen LogP contribution in [-0.2, 0) is 14.8 Å². The Bertz CT molecular complexity index is 732. The number of hydrogen-bond donors (Lipinski definition) is 1. The predicted octanol–water partition coefficient (Wildman–Crippen LogP) is 4.25. The molecule has 1 fully saturated rings. The van der Waals surface area contributed by atoms with E-state index < -0.39 is 10.0 Å². The lowest BCUT2D eigenvalue weighted by atomic mass is 10.1. The summed E-state index contributed by atoms with van der Waals surface area (Å²) in [6.45, 7) is -0.354. The highest BCUT2D eigenvalue weighted by Crippen LogP contribution is 2.35. The largest absolute Gasteiger partial charge is 0.352 e. The second-order valence-electron chi connectivity index (χ2n) is 6.24. The van der Waals surface area contributed by atoms with E-state index in [0.717, 1.165) is 36.2 Å². The molecule has 1 N–H and O–H groups in total. The van der Waals surface area contributed by atoms with Gasteiger partial charge < -0.3 is 5.32 Å². The summed E-state index contributed by atoms with van der Waals surface area (Å²) in [5.41, 5.74) is 0.134. The van der Waals surface area contributed by atoms with E-state index in [1.54, 1.807) is 0 Å². The van der Waals surface area contributed by atoms with Crippen molar-refractivity contribution in [2.45, 2.75) is 44.6 Å². The lowest BCUT2D eigenvalue weighted by Crippen LogP contribution is -2.44. The quantitative estimate of drug-likeness (QED) is 0.564. The average Bonchev–Trinajstić information content (AvgIpc) is 2.76. The molecule has 1 aromatic carbocycles. The molecule has 140 valence electrons. The van der Waals surface area contributed by atoms with Gasteiger partial charge in [0.15, 0.2) is 0 Å². The molecule has 9 heteroatoms. The van der Waals surface area contributed by atoms with Crippen LogP contribution in [0.1, 0.15) is 38.5 Å². The maximum atomic E-state index is 12.4. The number of halogens is 3. The molecule has 1 amide bonds. The van der Waals surface area contributed by atoms with Gasteiger partial charge >= 0.3 is 0 Å². The van der Waals surface area contributed by atoms with E-state index in [2.05, 4.69) is 5.32 Å². The molecule has 0 spiro atoms. The molecule has 0 bridgehead atoms. The van der Waals surface area contributed by atoms with E-state index in [1.165, 1.54) is 25.0 Å². The Labute approximate surface area is 163 Å². The number of sulfonamides is 1. The molecule has 0 aliphatic heterocycles. The molecule has 5 nitrogen and oxygen atoms in total. The summed E-state index contributed by atoms with van der Waals surface area (Å²) >= 11 is 18.0. The van der Waals surface area contributed by atoms with E-state index >= 15 is 0 Å². The zero-order valence-corrected chi connectivity index (χ0v) is 17.0. The molecular weight excluding hydrogens is 407 g/mol. The van der Waals surface area contributed by atoms with Crippen LogP contribution in [0, 0.1) is 0 Å². The van der Waals surface area contributed by atoms with Gasteiger partial charge in [-0.05, 0) is 25.0 Å². The topological polar surface area (TPSA) is 66.5 Å². The smallest absolute Gasteiger partial charge is 0.240 e. The molecule has 2 rings (SSSR count). The Morgan fingerprint density at radius 3 is 2.20 bits per heavy atom. The van der Waals surface area contributed by atoms with Crippen LogP contribution in [0.25, 0.3) is 0 Å². The van der Waals surface area contributed by atoms with Crippen molar-refractivity contribution in [2.24, 2.45) is 0 Å². The second kappa shape index (κ2) is 8.80. The molecule has 0 aromatic heterocycles. The lowest BCUT2D eigenvalue weighted by Gasteiger charge is -2.25. The number of carbonyl (C=O) groups excluding carboxylic acids is 1. The van der Waals surface area contributed by atoms with Gasteiger partial charge in [0.25, 0.3) is 0 Å². The van der Waals surface area contributed by atoms with Crippen LogP contribution >= 0.6 is 34.8 Å². The number of nitrogens with one attached hydrogen (secondary N) is 1. The number of hydrogen-bond acceptors (Lipinski definition) is 3. The monoisotopic (exact) mass is 426 g/mol. The standard InChI is InChI=1S/C16H21Cl3N2O3S/c1-25(23,24)21(15-9-13(18)12(17)8-14(15)19)10-16(22)20-11-6-4-2-3-5-7-11/h8-9,11H,2-7,10H2,1H3,(H,20,22). The van der Waals surface area contributed by atoms with Gasteiger partial charge in [-0.2, -0.15) is 0 Å². The van der Waals surface area contributed by atoms with Crippen molar-refractivity contribution >= 4 is 56.4 Å². The fourth-order valence-corrected chi connectivity index (χ4v) is 4.47. The van der Waals surface area contributed by atoms with Crippen LogP contribution in [0.5, 0.6) is 0 Å². The molecule has 0 heterocycles. The van der Waals surface area contributed by atoms with Gasteiger partial charge in [-0.1, -0.05) is 60.5 Å². The van der Waals surface area contributed by atoms with E-state index in [9.17, 15) is 13.2 Å². The minimum atomic E-state index is -3.73. The molecule has 1 aliphatic carbocycles. The third-order valence-corrected chi connectivity index (χ3v) is 6.32. The van der Waals surface area contributed by atoms with Crippen molar-refractivity contribution in [2.75, 3.05) is 17.1 Å². The van der Waals surface area contributed by atoms with Crippen molar-refractivity contribution in [3.63, 3.8) is 0 Å². The zero-order chi connectivity index (χ0) is 18.6. The molecule has 25 heavy (non-hydrogen) atoms. The maximum absolute atomic E-state index is 12.4.